The van der Waals surface area contributed by atoms with Gasteiger partial charge >= 0.3 is 0 Å². The Bertz CT molecular complexity index is 511. The summed E-state index contributed by atoms with van der Waals surface area (Å²) in [4.78, 5) is 2.27. The number of hydrogen-bond donors (Lipinski definition) is 1. The third-order valence-electron chi connectivity index (χ3n) is 3.04. The van der Waals surface area contributed by atoms with Crippen molar-refractivity contribution in [2.45, 2.75) is 20.0 Å². The third-order valence-corrected chi connectivity index (χ3v) is 4.51. The Balaban J connectivity index is 2.06. The summed E-state index contributed by atoms with van der Waals surface area (Å²) in [5.74, 6) is 0. The maximum atomic E-state index is 3.66. The van der Waals surface area contributed by atoms with Crippen molar-refractivity contribution < 1.29 is 0 Å². The Labute approximate surface area is 127 Å². The van der Waals surface area contributed by atoms with Crippen molar-refractivity contribution in [3.63, 3.8) is 0 Å². The van der Waals surface area contributed by atoms with Crippen molar-refractivity contribution in [1.29, 1.82) is 0 Å². The van der Waals surface area contributed by atoms with E-state index >= 15 is 0 Å². The highest BCUT2D eigenvalue weighted by molar-refractivity contribution is 9.10. The second-order valence-corrected chi connectivity index (χ2v) is 6.18. The fraction of sp³-hybridized carbons (Fsp3) is 0.333. The van der Waals surface area contributed by atoms with Crippen LogP contribution in [0.1, 0.15) is 18.1 Å². The van der Waals surface area contributed by atoms with E-state index in [1.807, 2.05) is 0 Å². The lowest BCUT2D eigenvalue weighted by molar-refractivity contribution is 0.724. The van der Waals surface area contributed by atoms with Crippen LogP contribution < -0.4 is 10.2 Å². The van der Waals surface area contributed by atoms with Crippen LogP contribution in [0.4, 0.5) is 5.69 Å². The van der Waals surface area contributed by atoms with Crippen LogP contribution in [0, 0.1) is 0 Å². The molecule has 1 aromatic heterocycles. The number of thiophene rings is 1. The van der Waals surface area contributed by atoms with E-state index in [9.17, 15) is 0 Å². The van der Waals surface area contributed by atoms with Crippen molar-refractivity contribution in [1.82, 2.24) is 5.32 Å². The molecule has 102 valence electrons. The van der Waals surface area contributed by atoms with Crippen LogP contribution in [0.15, 0.2) is 39.5 Å². The fourth-order valence-electron chi connectivity index (χ4n) is 1.92. The maximum absolute atomic E-state index is 3.66. The summed E-state index contributed by atoms with van der Waals surface area (Å²) in [5, 5.41) is 7.67. The highest BCUT2D eigenvalue weighted by Crippen LogP contribution is 2.25. The molecule has 0 saturated heterocycles. The first-order valence-corrected chi connectivity index (χ1v) is 8.15. The van der Waals surface area contributed by atoms with Crippen LogP contribution in [0.25, 0.3) is 0 Å². The van der Waals surface area contributed by atoms with Crippen LogP contribution in [0.5, 0.6) is 0 Å². The molecule has 0 aliphatic carbocycles. The van der Waals surface area contributed by atoms with E-state index in [1.165, 1.54) is 21.3 Å². The second kappa shape index (κ2) is 7.08. The fourth-order valence-corrected chi connectivity index (χ4v) is 3.09. The lowest BCUT2D eigenvalue weighted by Crippen LogP contribution is -2.16. The number of rotatable bonds is 6. The highest BCUT2D eigenvalue weighted by atomic mass is 79.9. The van der Waals surface area contributed by atoms with E-state index in [0.29, 0.717) is 0 Å². The van der Waals surface area contributed by atoms with Crippen molar-refractivity contribution in [2.75, 3.05) is 18.5 Å². The summed E-state index contributed by atoms with van der Waals surface area (Å²) >= 11 is 5.41. The maximum Gasteiger partial charge on any atom is 0.0434 e. The Morgan fingerprint density at radius 1 is 1.32 bits per heavy atom. The van der Waals surface area contributed by atoms with Gasteiger partial charge in [0.2, 0.25) is 0 Å². The van der Waals surface area contributed by atoms with Crippen LogP contribution in [0.2, 0.25) is 0 Å². The summed E-state index contributed by atoms with van der Waals surface area (Å²) in [7, 11) is 2.13. The molecule has 0 fully saturated rings. The number of nitrogens with one attached hydrogen (secondary N) is 1. The Morgan fingerprint density at radius 3 is 2.79 bits per heavy atom. The van der Waals surface area contributed by atoms with E-state index < -0.39 is 0 Å². The molecule has 0 bridgehead atoms. The molecule has 4 heteroatoms. The van der Waals surface area contributed by atoms with E-state index in [4.69, 9.17) is 0 Å². The molecule has 1 N–H and O–H groups in total. The van der Waals surface area contributed by atoms with Gasteiger partial charge in [0.1, 0.15) is 0 Å². The van der Waals surface area contributed by atoms with Gasteiger partial charge in [0.25, 0.3) is 0 Å². The molecular formula is C15H19BrN2S. The van der Waals surface area contributed by atoms with Gasteiger partial charge in [0.05, 0.1) is 0 Å². The zero-order valence-electron chi connectivity index (χ0n) is 11.3. The monoisotopic (exact) mass is 338 g/mol. The molecule has 19 heavy (non-hydrogen) atoms. The van der Waals surface area contributed by atoms with Gasteiger partial charge in [0, 0.05) is 30.3 Å². The predicted molar refractivity (Wildman–Crippen MR) is 87.9 cm³/mol. The zero-order valence-corrected chi connectivity index (χ0v) is 13.7. The topological polar surface area (TPSA) is 15.3 Å². The molecule has 2 nitrogen and oxygen atoms in total. The Morgan fingerprint density at radius 2 is 2.16 bits per heavy atom. The molecule has 0 amide bonds. The quantitative estimate of drug-likeness (QED) is 0.846. The molecule has 0 aliphatic rings. The van der Waals surface area contributed by atoms with E-state index in [0.717, 1.165) is 19.6 Å². The van der Waals surface area contributed by atoms with Crippen LogP contribution >= 0.6 is 27.3 Å². The number of nitrogens with zero attached hydrogens (tertiary/aromatic N) is 1. The summed E-state index contributed by atoms with van der Waals surface area (Å²) in [6.45, 7) is 4.97. The average molecular weight is 339 g/mol. The van der Waals surface area contributed by atoms with Gasteiger partial charge in [-0.3, -0.25) is 0 Å². The molecule has 0 saturated carbocycles. The van der Waals surface area contributed by atoms with E-state index in [2.05, 4.69) is 75.1 Å². The minimum Gasteiger partial charge on any atom is -0.370 e. The SMILES string of the molecule is CCNCc1ccc(N(C)Cc2ccsc2)cc1Br. The molecule has 0 spiro atoms. The Hall–Kier alpha value is -0.840. The van der Waals surface area contributed by atoms with Gasteiger partial charge in [-0.1, -0.05) is 28.9 Å². The van der Waals surface area contributed by atoms with Crippen molar-refractivity contribution in [2.24, 2.45) is 0 Å². The zero-order chi connectivity index (χ0) is 13.7. The summed E-state index contributed by atoms with van der Waals surface area (Å²) < 4.78 is 1.17. The molecule has 0 atom stereocenters. The van der Waals surface area contributed by atoms with Gasteiger partial charge in [-0.2, -0.15) is 11.3 Å². The lowest BCUT2D eigenvalue weighted by atomic mass is 10.2. The first kappa shape index (κ1) is 14.6. The second-order valence-electron chi connectivity index (χ2n) is 4.54. The molecule has 2 aromatic rings. The van der Waals surface area contributed by atoms with Crippen LogP contribution in [-0.2, 0) is 13.1 Å². The minimum absolute atomic E-state index is 0.908. The lowest BCUT2D eigenvalue weighted by Gasteiger charge is -2.20. The largest absolute Gasteiger partial charge is 0.370 e. The number of benzene rings is 1. The van der Waals surface area contributed by atoms with Crippen molar-refractivity contribution in [3.8, 4) is 0 Å². The molecule has 2 rings (SSSR count). The van der Waals surface area contributed by atoms with Gasteiger partial charge in [-0.05, 0) is 46.6 Å². The summed E-state index contributed by atoms with van der Waals surface area (Å²) in [5.41, 5.74) is 3.90. The summed E-state index contributed by atoms with van der Waals surface area (Å²) in [6.07, 6.45) is 0. The van der Waals surface area contributed by atoms with Gasteiger partial charge in [-0.15, -0.1) is 0 Å². The van der Waals surface area contributed by atoms with Gasteiger partial charge < -0.3 is 10.2 Å². The number of halogens is 1. The first-order valence-electron chi connectivity index (χ1n) is 6.42. The highest BCUT2D eigenvalue weighted by Gasteiger charge is 2.06. The van der Waals surface area contributed by atoms with E-state index in [-0.39, 0.29) is 0 Å². The molecule has 0 aliphatic heterocycles. The predicted octanol–water partition coefficient (Wildman–Crippen LogP) is 4.26. The van der Waals surface area contributed by atoms with Crippen LogP contribution in [0.3, 0.4) is 0 Å². The third kappa shape index (κ3) is 4.06. The normalized spacial score (nSPS) is 10.7. The molecular weight excluding hydrogens is 320 g/mol. The number of anilines is 1. The molecule has 0 radical (unpaired) electrons. The average Bonchev–Trinajstić information content (AvgIpc) is 2.90. The standard InChI is InChI=1S/C15H19BrN2S/c1-3-17-9-13-4-5-14(8-15(13)16)18(2)10-12-6-7-19-11-12/h4-8,11,17H,3,9-10H2,1-2H3. The molecule has 1 heterocycles. The van der Waals surface area contributed by atoms with Gasteiger partial charge in [-0.25, -0.2) is 0 Å². The number of hydrogen-bond acceptors (Lipinski definition) is 3. The minimum atomic E-state index is 0.908. The van der Waals surface area contributed by atoms with Crippen molar-refractivity contribution in [3.05, 3.63) is 50.6 Å². The van der Waals surface area contributed by atoms with E-state index in [1.54, 1.807) is 11.3 Å². The first-order chi connectivity index (χ1) is 9.20. The summed E-state index contributed by atoms with van der Waals surface area (Å²) in [6, 6.07) is 8.74. The molecule has 1 aromatic carbocycles. The van der Waals surface area contributed by atoms with Gasteiger partial charge in [0.15, 0.2) is 0 Å². The van der Waals surface area contributed by atoms with Crippen molar-refractivity contribution >= 4 is 33.0 Å². The smallest absolute Gasteiger partial charge is 0.0434 e. The Kier molecular flexibility index (Phi) is 5.43. The molecule has 0 unspecified atom stereocenters. The van der Waals surface area contributed by atoms with Crippen LogP contribution in [-0.4, -0.2) is 13.6 Å².